The Kier molecular flexibility index (Phi) is 2.33. The maximum atomic E-state index is 13.9. The number of alkyl halides is 1. The topological polar surface area (TPSA) is 0 Å². The van der Waals surface area contributed by atoms with E-state index in [0.717, 1.165) is 19.3 Å². The van der Waals surface area contributed by atoms with Gasteiger partial charge in [0, 0.05) is 0 Å². The van der Waals surface area contributed by atoms with Crippen molar-refractivity contribution in [2.75, 3.05) is 0 Å². The molecule has 0 aliphatic heterocycles. The van der Waals surface area contributed by atoms with Crippen LogP contribution in [0.4, 0.5) is 4.39 Å². The van der Waals surface area contributed by atoms with Crippen molar-refractivity contribution < 1.29 is 4.39 Å². The number of fused-ring (bicyclic) bond motifs is 3. The maximum absolute atomic E-state index is 13.9. The van der Waals surface area contributed by atoms with E-state index in [1.165, 1.54) is 19.3 Å². The molecule has 2 heteroatoms. The van der Waals surface area contributed by atoms with Crippen LogP contribution in [-0.2, 0) is 0 Å². The number of hydrogen-bond donors (Lipinski definition) is 0. The van der Waals surface area contributed by atoms with Crippen LogP contribution in [0.1, 0.15) is 38.5 Å². The molecule has 0 amide bonds. The van der Waals surface area contributed by atoms with Gasteiger partial charge in [-0.15, -0.1) is 0 Å². The molecule has 76 valence electrons. The van der Waals surface area contributed by atoms with Crippen LogP contribution >= 0.6 is 0 Å². The Balaban J connectivity index is 2.20. The van der Waals surface area contributed by atoms with E-state index >= 15 is 0 Å². The summed E-state index contributed by atoms with van der Waals surface area (Å²) in [6, 6.07) is 0. The molecule has 0 heterocycles. The molecule has 13 heavy (non-hydrogen) atoms. The summed E-state index contributed by atoms with van der Waals surface area (Å²) in [7, 11) is 0. The molecule has 3 fully saturated rings. The second-order valence-corrected chi connectivity index (χ2v) is 27.8. The Morgan fingerprint density at radius 2 is 1.23 bits per heavy atom. The summed E-state index contributed by atoms with van der Waals surface area (Å²) in [5.74, 6) is 0. The minimum absolute atomic E-state index is 0.681. The van der Waals surface area contributed by atoms with Gasteiger partial charge in [-0.1, -0.05) is 0 Å². The Labute approximate surface area is 85.9 Å². The van der Waals surface area contributed by atoms with Crippen molar-refractivity contribution in [1.29, 1.82) is 0 Å². The molecule has 0 saturated heterocycles. The molecule has 0 aromatic rings. The van der Waals surface area contributed by atoms with Crippen LogP contribution in [0, 0.1) is 0 Å². The van der Waals surface area contributed by atoms with Gasteiger partial charge in [0.15, 0.2) is 0 Å². The SMILES string of the molecule is [CH3][Pb]([CH3])([CH3])[C]12CCC(F)(CC1)CC2. The summed E-state index contributed by atoms with van der Waals surface area (Å²) < 4.78 is 22.2. The van der Waals surface area contributed by atoms with Gasteiger partial charge >= 0.3 is 86.2 Å². The zero-order valence-electron chi connectivity index (χ0n) is 9.12. The van der Waals surface area contributed by atoms with E-state index in [9.17, 15) is 4.39 Å². The number of rotatable bonds is 1. The average molecular weight is 379 g/mol. The molecule has 2 bridgehead atoms. The number of hydrogen-bond acceptors (Lipinski definition) is 0. The summed E-state index contributed by atoms with van der Waals surface area (Å²) in [6.07, 6.45) is 6.29. The first-order chi connectivity index (χ1) is 5.87. The van der Waals surface area contributed by atoms with E-state index in [2.05, 4.69) is 13.4 Å². The fraction of sp³-hybridized carbons (Fsp3) is 1.00. The first-order valence-corrected chi connectivity index (χ1v) is 19.2. The van der Waals surface area contributed by atoms with Gasteiger partial charge in [0.25, 0.3) is 0 Å². The molecule has 0 spiro atoms. The Bertz CT molecular complexity index is 192. The van der Waals surface area contributed by atoms with Gasteiger partial charge in [-0.05, 0) is 0 Å². The molecule has 3 rings (SSSR count). The summed E-state index contributed by atoms with van der Waals surface area (Å²) in [6.45, 7) is 0. The van der Waals surface area contributed by atoms with E-state index < -0.39 is 26.8 Å². The molecular weight excluding hydrogens is 358 g/mol. The van der Waals surface area contributed by atoms with Crippen molar-refractivity contribution in [3.63, 3.8) is 0 Å². The van der Waals surface area contributed by atoms with Crippen molar-refractivity contribution in [2.45, 2.75) is 60.6 Å². The van der Waals surface area contributed by atoms with Crippen LogP contribution < -0.4 is 0 Å². The van der Waals surface area contributed by atoms with E-state index in [4.69, 9.17) is 0 Å². The predicted molar refractivity (Wildman–Crippen MR) is 57.6 cm³/mol. The molecule has 0 atom stereocenters. The predicted octanol–water partition coefficient (Wildman–Crippen LogP) is 4.14. The molecule has 0 aromatic heterocycles. The van der Waals surface area contributed by atoms with Gasteiger partial charge in [0.2, 0.25) is 0 Å². The second kappa shape index (κ2) is 2.92. The molecule has 0 aromatic carbocycles. The van der Waals surface area contributed by atoms with Crippen LogP contribution in [0.15, 0.2) is 0 Å². The number of halogens is 1. The molecule has 0 N–H and O–H groups in total. The third-order valence-electron chi connectivity index (χ3n) is 4.75. The van der Waals surface area contributed by atoms with E-state index in [-0.39, 0.29) is 0 Å². The van der Waals surface area contributed by atoms with Crippen LogP contribution in [0.2, 0.25) is 16.4 Å². The van der Waals surface area contributed by atoms with Gasteiger partial charge < -0.3 is 0 Å². The van der Waals surface area contributed by atoms with Gasteiger partial charge in [0.1, 0.15) is 0 Å². The van der Waals surface area contributed by atoms with Gasteiger partial charge in [-0.2, -0.15) is 0 Å². The first-order valence-electron chi connectivity index (χ1n) is 5.56. The van der Waals surface area contributed by atoms with E-state index in [1.54, 1.807) is 0 Å². The Hall–Kier alpha value is 0.852. The van der Waals surface area contributed by atoms with Crippen LogP contribution in [0.25, 0.3) is 0 Å². The molecule has 3 aliphatic carbocycles. The molecule has 3 saturated carbocycles. The molecule has 0 radical (unpaired) electrons. The van der Waals surface area contributed by atoms with Crippen molar-refractivity contribution in [3.8, 4) is 0 Å². The van der Waals surface area contributed by atoms with Crippen LogP contribution in [0.3, 0.4) is 0 Å². The Morgan fingerprint density at radius 3 is 1.54 bits per heavy atom. The van der Waals surface area contributed by atoms with Crippen molar-refractivity contribution in [1.82, 2.24) is 0 Å². The third kappa shape index (κ3) is 1.59. The molecule has 0 nitrogen and oxygen atoms in total. The molecule has 0 unspecified atom stereocenters. The monoisotopic (exact) mass is 380 g/mol. The normalized spacial score (nSPS) is 45.2. The standard InChI is InChI=1S/C8H12F.3CH3.Pb/c9-8-4-1-7(2-5-8)3-6-8;;;;/h1-6H2;3*1H3;. The zero-order valence-corrected chi connectivity index (χ0v) is 13.0. The van der Waals surface area contributed by atoms with Crippen LogP contribution in [0.5, 0.6) is 0 Å². The van der Waals surface area contributed by atoms with Crippen molar-refractivity contribution in [2.24, 2.45) is 0 Å². The van der Waals surface area contributed by atoms with Gasteiger partial charge in [0.05, 0.1) is 0 Å². The summed E-state index contributed by atoms with van der Waals surface area (Å²) in [5.41, 5.74) is -0.735. The van der Waals surface area contributed by atoms with Crippen molar-refractivity contribution >= 4 is 21.2 Å². The quantitative estimate of drug-likeness (QED) is 0.601. The third-order valence-corrected chi connectivity index (χ3v) is 20.0. The molecule has 3 aliphatic rings. The van der Waals surface area contributed by atoms with Crippen LogP contribution in [-0.4, -0.2) is 26.8 Å². The average Bonchev–Trinajstić information content (AvgIpc) is 2.04. The van der Waals surface area contributed by atoms with E-state index in [1.807, 2.05) is 0 Å². The van der Waals surface area contributed by atoms with Crippen molar-refractivity contribution in [3.05, 3.63) is 0 Å². The Morgan fingerprint density at radius 1 is 0.846 bits per heavy atom. The van der Waals surface area contributed by atoms with E-state index in [0.29, 0.717) is 2.97 Å². The second-order valence-electron chi connectivity index (χ2n) is 6.18. The fourth-order valence-electron chi connectivity index (χ4n) is 3.26. The zero-order chi connectivity index (χ0) is 9.74. The minimum atomic E-state index is -1.93. The fourth-order valence-corrected chi connectivity index (χ4v) is 13.5. The summed E-state index contributed by atoms with van der Waals surface area (Å²) >= 11 is -1.93. The summed E-state index contributed by atoms with van der Waals surface area (Å²) in [5, 5.41) is 0. The first kappa shape index (κ1) is 10.4. The van der Waals surface area contributed by atoms with Gasteiger partial charge in [-0.25, -0.2) is 0 Å². The molecular formula is C11H21FPb. The summed E-state index contributed by atoms with van der Waals surface area (Å²) in [4.78, 5) is 0. The van der Waals surface area contributed by atoms with Gasteiger partial charge in [-0.3, -0.25) is 0 Å².